The monoisotopic (exact) mass is 349 g/mol. The predicted octanol–water partition coefficient (Wildman–Crippen LogP) is 4.12. The Morgan fingerprint density at radius 1 is 1.15 bits per heavy atom. The maximum absolute atomic E-state index is 14.1. The number of carbonyl (C=O) groups is 1. The molecule has 0 N–H and O–H groups in total. The Morgan fingerprint density at radius 2 is 1.85 bits per heavy atom. The summed E-state index contributed by atoms with van der Waals surface area (Å²) < 4.78 is 15.6. The van der Waals surface area contributed by atoms with Crippen molar-refractivity contribution in [2.24, 2.45) is 0 Å². The van der Waals surface area contributed by atoms with Gasteiger partial charge in [-0.15, -0.1) is 0 Å². The third-order valence-electron chi connectivity index (χ3n) is 4.77. The molecule has 4 nitrogen and oxygen atoms in total. The van der Waals surface area contributed by atoms with Gasteiger partial charge in [0.2, 0.25) is 0 Å². The first-order valence-electron chi connectivity index (χ1n) is 8.79. The zero-order chi connectivity index (χ0) is 18.1. The van der Waals surface area contributed by atoms with E-state index in [2.05, 4.69) is 5.10 Å². The van der Waals surface area contributed by atoms with Crippen molar-refractivity contribution < 1.29 is 9.18 Å². The van der Waals surface area contributed by atoms with Gasteiger partial charge < -0.3 is 4.90 Å². The molecule has 0 aliphatic heterocycles. The second-order valence-electron chi connectivity index (χ2n) is 6.66. The number of para-hydroxylation sites is 1. The number of aromatic nitrogens is 2. The van der Waals surface area contributed by atoms with Gasteiger partial charge >= 0.3 is 0 Å². The molecular formula is C21H20FN3O. The molecule has 1 fully saturated rings. The average molecular weight is 349 g/mol. The topological polar surface area (TPSA) is 38.1 Å². The lowest BCUT2D eigenvalue weighted by Gasteiger charge is -2.22. The molecule has 5 heteroatoms. The van der Waals surface area contributed by atoms with E-state index in [4.69, 9.17) is 0 Å². The van der Waals surface area contributed by atoms with Gasteiger partial charge in [-0.25, -0.2) is 9.07 Å². The van der Waals surface area contributed by atoms with Gasteiger partial charge in [-0.3, -0.25) is 4.79 Å². The molecule has 1 heterocycles. The minimum atomic E-state index is -0.360. The van der Waals surface area contributed by atoms with Crippen LogP contribution in [0.5, 0.6) is 0 Å². The van der Waals surface area contributed by atoms with E-state index < -0.39 is 0 Å². The van der Waals surface area contributed by atoms with E-state index in [1.165, 1.54) is 10.7 Å². The zero-order valence-electron chi connectivity index (χ0n) is 14.6. The van der Waals surface area contributed by atoms with Crippen LogP contribution in [-0.2, 0) is 6.54 Å². The number of rotatable bonds is 5. The summed E-state index contributed by atoms with van der Waals surface area (Å²) in [4.78, 5) is 15.1. The quantitative estimate of drug-likeness (QED) is 0.695. The van der Waals surface area contributed by atoms with Crippen molar-refractivity contribution in [2.45, 2.75) is 32.4 Å². The Bertz CT molecular complexity index is 931. The van der Waals surface area contributed by atoms with Crippen molar-refractivity contribution in [3.05, 3.63) is 83.4 Å². The van der Waals surface area contributed by atoms with E-state index in [1.54, 1.807) is 31.3 Å². The summed E-state index contributed by atoms with van der Waals surface area (Å²) in [6.45, 7) is 2.38. The maximum Gasteiger partial charge on any atom is 0.257 e. The first-order chi connectivity index (χ1) is 12.6. The molecular weight excluding hydrogens is 329 g/mol. The summed E-state index contributed by atoms with van der Waals surface area (Å²) in [5.74, 6) is -0.405. The first-order valence-corrected chi connectivity index (χ1v) is 8.79. The van der Waals surface area contributed by atoms with Crippen LogP contribution < -0.4 is 0 Å². The van der Waals surface area contributed by atoms with E-state index in [1.807, 2.05) is 35.2 Å². The standard InChI is InChI=1S/C21H20FN3O/c1-15-18(13-23-25(15)20-10-6-5-9-19(20)22)21(26)24(17-11-12-17)14-16-7-3-2-4-8-16/h2-10,13,17H,11-12,14H2,1H3. The highest BCUT2D eigenvalue weighted by atomic mass is 19.1. The zero-order valence-corrected chi connectivity index (χ0v) is 14.6. The summed E-state index contributed by atoms with van der Waals surface area (Å²) in [7, 11) is 0. The third kappa shape index (κ3) is 3.12. The molecule has 0 bridgehead atoms. The SMILES string of the molecule is Cc1c(C(=O)N(Cc2ccccc2)C2CC2)cnn1-c1ccccc1F. The summed E-state index contributed by atoms with van der Waals surface area (Å²) in [5, 5.41) is 4.27. The third-order valence-corrected chi connectivity index (χ3v) is 4.77. The Kier molecular flexibility index (Phi) is 4.29. The van der Waals surface area contributed by atoms with E-state index >= 15 is 0 Å². The van der Waals surface area contributed by atoms with Crippen molar-refractivity contribution in [1.82, 2.24) is 14.7 Å². The summed E-state index contributed by atoms with van der Waals surface area (Å²) in [6, 6.07) is 16.7. The second-order valence-corrected chi connectivity index (χ2v) is 6.66. The molecule has 1 aromatic heterocycles. The number of hydrogen-bond acceptors (Lipinski definition) is 2. The first kappa shape index (κ1) is 16.5. The predicted molar refractivity (Wildman–Crippen MR) is 97.6 cm³/mol. The van der Waals surface area contributed by atoms with E-state index in [9.17, 15) is 9.18 Å². The molecule has 1 saturated carbocycles. The average Bonchev–Trinajstić information content (AvgIpc) is 3.43. The number of benzene rings is 2. The maximum atomic E-state index is 14.1. The molecule has 0 unspecified atom stereocenters. The van der Waals surface area contributed by atoms with Gasteiger partial charge in [0, 0.05) is 12.6 Å². The van der Waals surface area contributed by atoms with Gasteiger partial charge in [-0.1, -0.05) is 42.5 Å². The van der Waals surface area contributed by atoms with Gasteiger partial charge in [0.25, 0.3) is 5.91 Å². The molecule has 0 spiro atoms. The van der Waals surface area contributed by atoms with Crippen molar-refractivity contribution >= 4 is 5.91 Å². The van der Waals surface area contributed by atoms with E-state index in [-0.39, 0.29) is 17.8 Å². The van der Waals surface area contributed by atoms with Gasteiger partial charge in [0.05, 0.1) is 17.5 Å². The largest absolute Gasteiger partial charge is 0.331 e. The summed E-state index contributed by atoms with van der Waals surface area (Å²) in [5.41, 5.74) is 2.63. The molecule has 26 heavy (non-hydrogen) atoms. The fourth-order valence-electron chi connectivity index (χ4n) is 3.17. The van der Waals surface area contributed by atoms with Crippen LogP contribution in [0, 0.1) is 12.7 Å². The number of halogens is 1. The molecule has 4 rings (SSSR count). The molecule has 0 radical (unpaired) electrons. The molecule has 1 aliphatic carbocycles. The molecule has 0 saturated heterocycles. The minimum Gasteiger partial charge on any atom is -0.331 e. The Hall–Kier alpha value is -2.95. The molecule has 2 aromatic carbocycles. The highest BCUT2D eigenvalue weighted by Crippen LogP contribution is 2.30. The number of amides is 1. The lowest BCUT2D eigenvalue weighted by atomic mass is 10.1. The smallest absolute Gasteiger partial charge is 0.257 e. The Morgan fingerprint density at radius 3 is 2.54 bits per heavy atom. The van der Waals surface area contributed by atoms with Crippen LogP contribution in [0.4, 0.5) is 4.39 Å². The van der Waals surface area contributed by atoms with Crippen LogP contribution in [0.1, 0.15) is 34.5 Å². The molecule has 1 amide bonds. The number of carbonyl (C=O) groups excluding carboxylic acids is 1. The highest BCUT2D eigenvalue weighted by Gasteiger charge is 2.34. The van der Waals surface area contributed by atoms with Gasteiger partial charge in [0.1, 0.15) is 11.5 Å². The van der Waals surface area contributed by atoms with Crippen molar-refractivity contribution in [3.8, 4) is 5.69 Å². The van der Waals surface area contributed by atoms with Crippen LogP contribution in [0.2, 0.25) is 0 Å². The highest BCUT2D eigenvalue weighted by molar-refractivity contribution is 5.95. The Labute approximate surface area is 151 Å². The van der Waals surface area contributed by atoms with E-state index in [0.29, 0.717) is 23.5 Å². The van der Waals surface area contributed by atoms with E-state index in [0.717, 1.165) is 18.4 Å². The van der Waals surface area contributed by atoms with Crippen LogP contribution >= 0.6 is 0 Å². The lowest BCUT2D eigenvalue weighted by molar-refractivity contribution is 0.0729. The summed E-state index contributed by atoms with van der Waals surface area (Å²) >= 11 is 0. The van der Waals surface area contributed by atoms with Gasteiger partial charge in [-0.2, -0.15) is 5.10 Å². The minimum absolute atomic E-state index is 0.0450. The molecule has 1 aliphatic rings. The van der Waals surface area contributed by atoms with Gasteiger partial charge in [-0.05, 0) is 37.5 Å². The molecule has 3 aromatic rings. The number of nitrogens with zero attached hydrogens (tertiary/aromatic N) is 3. The van der Waals surface area contributed by atoms with Crippen LogP contribution in [0.15, 0.2) is 60.8 Å². The second kappa shape index (κ2) is 6.75. The lowest BCUT2D eigenvalue weighted by Crippen LogP contribution is -2.32. The fourth-order valence-corrected chi connectivity index (χ4v) is 3.17. The van der Waals surface area contributed by atoms with Crippen molar-refractivity contribution in [1.29, 1.82) is 0 Å². The van der Waals surface area contributed by atoms with Gasteiger partial charge in [0.15, 0.2) is 0 Å². The van der Waals surface area contributed by atoms with Crippen molar-refractivity contribution in [2.75, 3.05) is 0 Å². The normalized spacial score (nSPS) is 13.6. The van der Waals surface area contributed by atoms with Crippen LogP contribution in [0.25, 0.3) is 5.69 Å². The summed E-state index contributed by atoms with van der Waals surface area (Å²) in [6.07, 6.45) is 3.60. The van der Waals surface area contributed by atoms with Crippen molar-refractivity contribution in [3.63, 3.8) is 0 Å². The number of hydrogen-bond donors (Lipinski definition) is 0. The van der Waals surface area contributed by atoms with Crippen LogP contribution in [-0.4, -0.2) is 26.6 Å². The Balaban J connectivity index is 1.64. The molecule has 0 atom stereocenters. The molecule has 132 valence electrons. The van der Waals surface area contributed by atoms with Crippen LogP contribution in [0.3, 0.4) is 0 Å². The fraction of sp³-hybridized carbons (Fsp3) is 0.238.